The Bertz CT molecular complexity index is 838. The average molecular weight is 366 g/mol. The van der Waals surface area contributed by atoms with Gasteiger partial charge in [-0.15, -0.1) is 0 Å². The number of carbonyl (C=O) groups is 1. The number of fused-ring (bicyclic) bond motifs is 4. The topological polar surface area (TPSA) is 48.1 Å². The van der Waals surface area contributed by atoms with Gasteiger partial charge in [-0.3, -0.25) is 4.79 Å². The third-order valence-electron chi connectivity index (χ3n) is 7.11. The lowest BCUT2D eigenvalue weighted by Gasteiger charge is -2.44. The van der Waals surface area contributed by atoms with E-state index in [0.29, 0.717) is 12.0 Å². The van der Waals surface area contributed by atoms with Crippen molar-refractivity contribution in [2.45, 2.75) is 63.8 Å². The number of hydrogen-bond acceptors (Lipinski definition) is 2. The molecule has 1 aromatic heterocycles. The van der Waals surface area contributed by atoms with Gasteiger partial charge < -0.3 is 15.2 Å². The average Bonchev–Trinajstić information content (AvgIpc) is 3.10. The molecule has 1 aromatic carbocycles. The molecule has 0 saturated carbocycles. The van der Waals surface area contributed by atoms with Crippen LogP contribution in [0.15, 0.2) is 18.2 Å². The largest absolute Gasteiger partial charge is 0.358 e. The van der Waals surface area contributed by atoms with E-state index >= 15 is 0 Å². The van der Waals surface area contributed by atoms with E-state index in [1.165, 1.54) is 80.2 Å². The maximum atomic E-state index is 12.8. The number of nitrogens with one attached hydrogen (secondary N) is 2. The molecule has 1 amide bonds. The SMILES string of the molecule is O=C(NCC1CCCN2CCCCC12)c1ccc2[nH]c3c(c2c1)CCCC3. The zero-order chi connectivity index (χ0) is 18.2. The highest BCUT2D eigenvalue weighted by atomic mass is 16.1. The summed E-state index contributed by atoms with van der Waals surface area (Å²) in [5.41, 5.74) is 4.82. The third-order valence-corrected chi connectivity index (χ3v) is 7.11. The van der Waals surface area contributed by atoms with Gasteiger partial charge in [0.15, 0.2) is 0 Å². The van der Waals surface area contributed by atoms with E-state index in [-0.39, 0.29) is 5.91 Å². The minimum atomic E-state index is 0.0931. The van der Waals surface area contributed by atoms with Gasteiger partial charge in [0.1, 0.15) is 0 Å². The molecule has 0 radical (unpaired) electrons. The van der Waals surface area contributed by atoms with Crippen molar-refractivity contribution in [3.05, 3.63) is 35.0 Å². The first-order valence-corrected chi connectivity index (χ1v) is 11.0. The molecule has 144 valence electrons. The fourth-order valence-corrected chi connectivity index (χ4v) is 5.69. The summed E-state index contributed by atoms with van der Waals surface area (Å²) in [4.78, 5) is 19.1. The number of aromatic amines is 1. The number of hydrogen-bond donors (Lipinski definition) is 2. The second kappa shape index (κ2) is 7.31. The second-order valence-corrected chi connectivity index (χ2v) is 8.76. The molecule has 4 nitrogen and oxygen atoms in total. The summed E-state index contributed by atoms with van der Waals surface area (Å²) < 4.78 is 0. The van der Waals surface area contributed by atoms with Crippen molar-refractivity contribution in [2.24, 2.45) is 5.92 Å². The number of aryl methyl sites for hydroxylation is 2. The lowest BCUT2D eigenvalue weighted by molar-refractivity contribution is 0.0575. The number of carbonyl (C=O) groups excluding carboxylic acids is 1. The highest BCUT2D eigenvalue weighted by Gasteiger charge is 2.33. The summed E-state index contributed by atoms with van der Waals surface area (Å²) in [5.74, 6) is 0.711. The van der Waals surface area contributed by atoms with Gasteiger partial charge in [0.25, 0.3) is 5.91 Å². The van der Waals surface area contributed by atoms with Crippen molar-refractivity contribution in [3.63, 3.8) is 0 Å². The lowest BCUT2D eigenvalue weighted by Crippen LogP contribution is -2.51. The zero-order valence-electron chi connectivity index (χ0n) is 16.2. The van der Waals surface area contributed by atoms with Crippen LogP contribution in [-0.4, -0.2) is 41.5 Å². The molecule has 0 bridgehead atoms. The van der Waals surface area contributed by atoms with E-state index in [9.17, 15) is 4.79 Å². The second-order valence-electron chi connectivity index (χ2n) is 8.76. The highest BCUT2D eigenvalue weighted by Crippen LogP contribution is 2.31. The van der Waals surface area contributed by atoms with Crippen molar-refractivity contribution in [1.29, 1.82) is 0 Å². The van der Waals surface area contributed by atoms with Gasteiger partial charge in [-0.1, -0.05) is 6.42 Å². The maximum Gasteiger partial charge on any atom is 0.251 e. The Balaban J connectivity index is 1.29. The summed E-state index contributed by atoms with van der Waals surface area (Å²) in [6, 6.07) is 6.87. The quantitative estimate of drug-likeness (QED) is 0.862. The number of aromatic nitrogens is 1. The van der Waals surface area contributed by atoms with Gasteiger partial charge >= 0.3 is 0 Å². The van der Waals surface area contributed by atoms with Crippen LogP contribution in [0.25, 0.3) is 10.9 Å². The fraction of sp³-hybridized carbons (Fsp3) is 0.609. The molecule has 0 spiro atoms. The van der Waals surface area contributed by atoms with E-state index in [2.05, 4.69) is 27.3 Å². The number of H-pyrrole nitrogens is 1. The van der Waals surface area contributed by atoms with Gasteiger partial charge in [-0.2, -0.15) is 0 Å². The predicted octanol–water partition coefficient (Wildman–Crippen LogP) is 4.04. The first kappa shape index (κ1) is 17.3. The first-order chi connectivity index (χ1) is 13.3. The van der Waals surface area contributed by atoms with Crippen LogP contribution >= 0.6 is 0 Å². The summed E-state index contributed by atoms with van der Waals surface area (Å²) in [6.45, 7) is 3.33. The summed E-state index contributed by atoms with van der Waals surface area (Å²) in [6.07, 6.45) is 11.3. The van der Waals surface area contributed by atoms with Crippen molar-refractivity contribution in [3.8, 4) is 0 Å². The van der Waals surface area contributed by atoms with Crippen LogP contribution in [0.4, 0.5) is 0 Å². The summed E-state index contributed by atoms with van der Waals surface area (Å²) in [5, 5.41) is 4.52. The van der Waals surface area contributed by atoms with E-state index in [1.807, 2.05) is 6.07 Å². The number of rotatable bonds is 3. The molecule has 2 atom stereocenters. The minimum absolute atomic E-state index is 0.0931. The van der Waals surface area contributed by atoms with Gasteiger partial charge in [0, 0.05) is 34.7 Å². The van der Waals surface area contributed by atoms with Crippen LogP contribution in [0, 0.1) is 5.92 Å². The first-order valence-electron chi connectivity index (χ1n) is 11.0. The Morgan fingerprint density at radius 2 is 1.96 bits per heavy atom. The molecule has 2 unspecified atom stereocenters. The van der Waals surface area contributed by atoms with E-state index < -0.39 is 0 Å². The van der Waals surface area contributed by atoms with Crippen molar-refractivity contribution < 1.29 is 4.79 Å². The van der Waals surface area contributed by atoms with Gasteiger partial charge in [0.05, 0.1) is 0 Å². The monoisotopic (exact) mass is 365 g/mol. The van der Waals surface area contributed by atoms with Gasteiger partial charge in [-0.05, 0) is 94.1 Å². The number of nitrogens with zero attached hydrogens (tertiary/aromatic N) is 1. The fourth-order valence-electron chi connectivity index (χ4n) is 5.69. The molecule has 1 aliphatic carbocycles. The Hall–Kier alpha value is -1.81. The Kier molecular flexibility index (Phi) is 4.68. The van der Waals surface area contributed by atoms with Crippen molar-refractivity contribution in [2.75, 3.05) is 19.6 Å². The normalized spacial score (nSPS) is 25.8. The van der Waals surface area contributed by atoms with Crippen LogP contribution in [-0.2, 0) is 12.8 Å². The molecule has 3 aliphatic rings. The molecule has 2 aromatic rings. The zero-order valence-corrected chi connectivity index (χ0v) is 16.2. The Morgan fingerprint density at radius 3 is 2.93 bits per heavy atom. The number of amides is 1. The molecular formula is C23H31N3O. The molecule has 2 N–H and O–H groups in total. The minimum Gasteiger partial charge on any atom is -0.358 e. The molecule has 5 rings (SSSR count). The number of benzene rings is 1. The van der Waals surface area contributed by atoms with Crippen LogP contribution in [0.2, 0.25) is 0 Å². The van der Waals surface area contributed by atoms with Gasteiger partial charge in [0.2, 0.25) is 0 Å². The third kappa shape index (κ3) is 3.29. The van der Waals surface area contributed by atoms with Crippen LogP contribution in [0.5, 0.6) is 0 Å². The molecular weight excluding hydrogens is 334 g/mol. The molecule has 2 fully saturated rings. The Morgan fingerprint density at radius 1 is 1.07 bits per heavy atom. The standard InChI is InChI=1S/C23H31N3O/c27-23(24-15-17-6-5-13-26-12-4-3-9-22(17)26)16-10-11-21-19(14-16)18-7-1-2-8-20(18)25-21/h10-11,14,17,22,25H,1-9,12-13,15H2,(H,24,27). The van der Waals surface area contributed by atoms with Crippen LogP contribution in [0.1, 0.15) is 66.6 Å². The Labute approximate surface area is 161 Å². The van der Waals surface area contributed by atoms with Crippen molar-refractivity contribution >= 4 is 16.8 Å². The maximum absolute atomic E-state index is 12.8. The van der Waals surface area contributed by atoms with E-state index in [0.717, 1.165) is 24.9 Å². The highest BCUT2D eigenvalue weighted by molar-refractivity contribution is 5.99. The summed E-state index contributed by atoms with van der Waals surface area (Å²) >= 11 is 0. The molecule has 4 heteroatoms. The molecule has 2 saturated heterocycles. The number of piperidine rings is 2. The predicted molar refractivity (Wildman–Crippen MR) is 109 cm³/mol. The van der Waals surface area contributed by atoms with Crippen LogP contribution < -0.4 is 5.32 Å². The van der Waals surface area contributed by atoms with E-state index in [1.54, 1.807) is 0 Å². The molecule has 3 heterocycles. The van der Waals surface area contributed by atoms with Crippen LogP contribution in [0.3, 0.4) is 0 Å². The lowest BCUT2D eigenvalue weighted by atomic mass is 9.83. The smallest absolute Gasteiger partial charge is 0.251 e. The van der Waals surface area contributed by atoms with Gasteiger partial charge in [-0.25, -0.2) is 0 Å². The van der Waals surface area contributed by atoms with Crippen molar-refractivity contribution in [1.82, 2.24) is 15.2 Å². The molecule has 2 aliphatic heterocycles. The summed E-state index contributed by atoms with van der Waals surface area (Å²) in [7, 11) is 0. The molecule has 27 heavy (non-hydrogen) atoms. The van der Waals surface area contributed by atoms with E-state index in [4.69, 9.17) is 0 Å².